The molecule has 0 unspecified atom stereocenters. The van der Waals surface area contributed by atoms with E-state index in [1.807, 2.05) is 43.6 Å². The molecule has 0 aliphatic carbocycles. The van der Waals surface area contributed by atoms with E-state index in [4.69, 9.17) is 4.74 Å². The second-order valence-electron chi connectivity index (χ2n) is 5.40. The number of carbonyl (C=O) groups excluding carboxylic acids is 1. The smallest absolute Gasteiger partial charge is 0.228 e. The van der Waals surface area contributed by atoms with Gasteiger partial charge in [-0.25, -0.2) is 4.98 Å². The molecule has 24 heavy (non-hydrogen) atoms. The number of pyridine rings is 1. The minimum absolute atomic E-state index is 0.108. The highest BCUT2D eigenvalue weighted by Gasteiger charge is 2.07. The molecule has 0 aliphatic heterocycles. The number of aromatic nitrogens is 3. The van der Waals surface area contributed by atoms with Crippen molar-refractivity contribution in [1.82, 2.24) is 14.8 Å². The number of aryl methyl sites for hydroxylation is 1. The molecule has 0 bridgehead atoms. The van der Waals surface area contributed by atoms with Gasteiger partial charge in [0.25, 0.3) is 0 Å². The lowest BCUT2D eigenvalue weighted by atomic mass is 10.2. The van der Waals surface area contributed by atoms with E-state index in [0.29, 0.717) is 18.2 Å². The van der Waals surface area contributed by atoms with Crippen molar-refractivity contribution in [2.75, 3.05) is 5.32 Å². The number of anilines is 1. The summed E-state index contributed by atoms with van der Waals surface area (Å²) in [6, 6.07) is 13.3. The van der Waals surface area contributed by atoms with E-state index in [9.17, 15) is 4.79 Å². The van der Waals surface area contributed by atoms with Crippen LogP contribution in [-0.4, -0.2) is 20.7 Å². The number of hydrogen-bond donors (Lipinski definition) is 1. The first-order chi connectivity index (χ1) is 11.7. The molecule has 2 aromatic heterocycles. The molecule has 0 fully saturated rings. The number of nitrogens with one attached hydrogen (secondary N) is 1. The van der Waals surface area contributed by atoms with E-state index in [1.54, 1.807) is 29.2 Å². The highest BCUT2D eigenvalue weighted by atomic mass is 16.5. The molecule has 3 aromatic rings. The van der Waals surface area contributed by atoms with Gasteiger partial charge in [0.15, 0.2) is 0 Å². The summed E-state index contributed by atoms with van der Waals surface area (Å²) in [7, 11) is 1.82. The summed E-state index contributed by atoms with van der Waals surface area (Å²) in [5.41, 5.74) is 2.58. The lowest BCUT2D eigenvalue weighted by molar-refractivity contribution is -0.115. The maximum Gasteiger partial charge on any atom is 0.228 e. The fourth-order valence-electron chi connectivity index (χ4n) is 2.25. The minimum atomic E-state index is -0.108. The third-order valence-corrected chi connectivity index (χ3v) is 3.37. The Bertz CT molecular complexity index is 815. The lowest BCUT2D eigenvalue weighted by Gasteiger charge is -2.08. The van der Waals surface area contributed by atoms with Crippen molar-refractivity contribution >= 4 is 11.6 Å². The predicted molar refractivity (Wildman–Crippen MR) is 90.6 cm³/mol. The zero-order valence-corrected chi connectivity index (χ0v) is 13.3. The summed E-state index contributed by atoms with van der Waals surface area (Å²) < 4.78 is 7.33. The molecule has 0 radical (unpaired) electrons. The number of rotatable bonds is 6. The Morgan fingerprint density at radius 3 is 2.79 bits per heavy atom. The van der Waals surface area contributed by atoms with Gasteiger partial charge in [-0.1, -0.05) is 30.3 Å². The van der Waals surface area contributed by atoms with Crippen molar-refractivity contribution in [2.24, 2.45) is 7.05 Å². The molecule has 6 heteroatoms. The Hall–Kier alpha value is -3.15. The van der Waals surface area contributed by atoms with Gasteiger partial charge >= 0.3 is 0 Å². The molecular formula is C18H18N4O2. The first-order valence-corrected chi connectivity index (χ1v) is 7.59. The summed E-state index contributed by atoms with van der Waals surface area (Å²) >= 11 is 0. The summed E-state index contributed by atoms with van der Waals surface area (Å²) in [6.45, 7) is 0.431. The fraction of sp³-hybridized carbons (Fsp3) is 0.167. The number of amides is 1. The first-order valence-electron chi connectivity index (χ1n) is 7.59. The van der Waals surface area contributed by atoms with Crippen LogP contribution in [0.15, 0.2) is 61.1 Å². The van der Waals surface area contributed by atoms with Gasteiger partial charge in [-0.2, -0.15) is 5.10 Å². The first kappa shape index (κ1) is 15.7. The molecule has 1 N–H and O–H groups in total. The maximum absolute atomic E-state index is 12.1. The molecule has 3 rings (SSSR count). The number of nitrogens with zero attached hydrogens (tertiary/aromatic N) is 3. The van der Waals surface area contributed by atoms with E-state index in [1.165, 1.54) is 0 Å². The standard InChI is InChI=1S/C18H18N4O2/c1-22-12-15(11-20-22)9-17(23)21-16-7-8-19-18(10-16)24-13-14-5-3-2-4-6-14/h2-8,10-12H,9,13H2,1H3,(H,19,21,23). The topological polar surface area (TPSA) is 69.0 Å². The van der Waals surface area contributed by atoms with Crippen LogP contribution < -0.4 is 10.1 Å². The molecule has 2 heterocycles. The quantitative estimate of drug-likeness (QED) is 0.757. The van der Waals surface area contributed by atoms with Crippen molar-refractivity contribution in [3.05, 3.63) is 72.2 Å². The van der Waals surface area contributed by atoms with Crippen molar-refractivity contribution in [3.8, 4) is 5.88 Å². The third-order valence-electron chi connectivity index (χ3n) is 3.37. The fourth-order valence-corrected chi connectivity index (χ4v) is 2.25. The number of ether oxygens (including phenoxy) is 1. The molecular weight excluding hydrogens is 304 g/mol. The number of benzene rings is 1. The Balaban J connectivity index is 1.57. The van der Waals surface area contributed by atoms with E-state index < -0.39 is 0 Å². The van der Waals surface area contributed by atoms with Crippen LogP contribution in [0.5, 0.6) is 5.88 Å². The molecule has 1 aromatic carbocycles. The van der Waals surface area contributed by atoms with Gasteiger partial charge in [0.1, 0.15) is 6.61 Å². The summed E-state index contributed by atoms with van der Waals surface area (Å²) in [5.74, 6) is 0.362. The van der Waals surface area contributed by atoms with Gasteiger partial charge in [0.05, 0.1) is 12.6 Å². The summed E-state index contributed by atoms with van der Waals surface area (Å²) in [5, 5.41) is 6.89. The highest BCUT2D eigenvalue weighted by Crippen LogP contribution is 2.16. The van der Waals surface area contributed by atoms with Gasteiger partial charge in [0.2, 0.25) is 11.8 Å². The molecule has 122 valence electrons. The van der Waals surface area contributed by atoms with Crippen LogP contribution in [-0.2, 0) is 24.9 Å². The molecule has 0 aliphatic rings. The third kappa shape index (κ3) is 4.42. The zero-order valence-electron chi connectivity index (χ0n) is 13.3. The number of hydrogen-bond acceptors (Lipinski definition) is 4. The average Bonchev–Trinajstić information content (AvgIpc) is 2.99. The Kier molecular flexibility index (Phi) is 4.86. The SMILES string of the molecule is Cn1cc(CC(=O)Nc2ccnc(OCc3ccccc3)c2)cn1. The van der Waals surface area contributed by atoms with Crippen LogP contribution >= 0.6 is 0 Å². The van der Waals surface area contributed by atoms with Gasteiger partial charge in [-0.05, 0) is 17.2 Å². The predicted octanol–water partition coefficient (Wildman–Crippen LogP) is 2.58. The zero-order chi connectivity index (χ0) is 16.8. The summed E-state index contributed by atoms with van der Waals surface area (Å²) in [4.78, 5) is 16.2. The van der Waals surface area contributed by atoms with Crippen LogP contribution in [0.4, 0.5) is 5.69 Å². The lowest BCUT2D eigenvalue weighted by Crippen LogP contribution is -2.14. The van der Waals surface area contributed by atoms with Crippen LogP contribution in [0.3, 0.4) is 0 Å². The molecule has 0 spiro atoms. The van der Waals surface area contributed by atoms with Gasteiger partial charge < -0.3 is 10.1 Å². The second kappa shape index (κ2) is 7.41. The maximum atomic E-state index is 12.1. The van der Waals surface area contributed by atoms with Crippen molar-refractivity contribution in [3.63, 3.8) is 0 Å². The molecule has 0 saturated carbocycles. The Morgan fingerprint density at radius 2 is 2.04 bits per heavy atom. The average molecular weight is 322 g/mol. The van der Waals surface area contributed by atoms with Crippen LogP contribution in [0.2, 0.25) is 0 Å². The van der Waals surface area contributed by atoms with Crippen LogP contribution in [0.25, 0.3) is 0 Å². The van der Waals surface area contributed by atoms with E-state index in [0.717, 1.165) is 11.1 Å². The second-order valence-corrected chi connectivity index (χ2v) is 5.40. The molecule has 1 amide bonds. The summed E-state index contributed by atoms with van der Waals surface area (Å²) in [6.07, 6.45) is 5.39. The highest BCUT2D eigenvalue weighted by molar-refractivity contribution is 5.92. The molecule has 0 saturated heterocycles. The minimum Gasteiger partial charge on any atom is -0.473 e. The van der Waals surface area contributed by atoms with Crippen LogP contribution in [0, 0.1) is 0 Å². The molecule has 6 nitrogen and oxygen atoms in total. The Labute approximate surface area is 140 Å². The van der Waals surface area contributed by atoms with Gasteiger partial charge in [0, 0.05) is 31.2 Å². The normalized spacial score (nSPS) is 10.4. The van der Waals surface area contributed by atoms with Gasteiger partial charge in [-0.15, -0.1) is 0 Å². The van der Waals surface area contributed by atoms with Crippen molar-refractivity contribution in [2.45, 2.75) is 13.0 Å². The van der Waals surface area contributed by atoms with Crippen molar-refractivity contribution in [1.29, 1.82) is 0 Å². The van der Waals surface area contributed by atoms with E-state index in [2.05, 4.69) is 15.4 Å². The van der Waals surface area contributed by atoms with Crippen LogP contribution in [0.1, 0.15) is 11.1 Å². The van der Waals surface area contributed by atoms with Crippen molar-refractivity contribution < 1.29 is 9.53 Å². The van der Waals surface area contributed by atoms with Gasteiger partial charge in [-0.3, -0.25) is 9.48 Å². The van der Waals surface area contributed by atoms with E-state index in [-0.39, 0.29) is 12.3 Å². The monoisotopic (exact) mass is 322 g/mol. The molecule has 0 atom stereocenters. The number of carbonyl (C=O) groups is 1. The largest absolute Gasteiger partial charge is 0.473 e. The Morgan fingerprint density at radius 1 is 1.21 bits per heavy atom. The van der Waals surface area contributed by atoms with E-state index >= 15 is 0 Å².